The minimum atomic E-state index is -0.432. The van der Waals surface area contributed by atoms with Crippen LogP contribution in [0.1, 0.15) is 30.1 Å². The maximum atomic E-state index is 12.6. The third-order valence-electron chi connectivity index (χ3n) is 5.54. The number of nitrogens with zero attached hydrogens (tertiary/aromatic N) is 2. The molecule has 0 atom stereocenters. The number of carbonyl (C=O) groups excluding carboxylic acids is 1. The van der Waals surface area contributed by atoms with Crippen molar-refractivity contribution in [3.05, 3.63) is 101 Å². The lowest BCUT2D eigenvalue weighted by Crippen LogP contribution is -2.08. The Bertz CT molecular complexity index is 1350. The Morgan fingerprint density at radius 3 is 1.95 bits per heavy atom. The number of unbranched alkanes of at least 4 members (excludes halogenated alkanes) is 1. The smallest absolute Gasteiger partial charge is 0.343 e. The van der Waals surface area contributed by atoms with Crippen molar-refractivity contribution < 1.29 is 19.0 Å². The lowest BCUT2D eigenvalue weighted by Gasteiger charge is -2.08. The van der Waals surface area contributed by atoms with E-state index in [1.165, 1.54) is 0 Å². The lowest BCUT2D eigenvalue weighted by molar-refractivity contribution is 0.0735. The summed E-state index contributed by atoms with van der Waals surface area (Å²) in [6.45, 7) is 2.84. The van der Waals surface area contributed by atoms with Crippen molar-refractivity contribution in [1.82, 2.24) is 0 Å². The van der Waals surface area contributed by atoms with Gasteiger partial charge in [0.2, 0.25) is 0 Å². The fourth-order valence-corrected chi connectivity index (χ4v) is 3.99. The molecule has 0 aliphatic rings. The van der Waals surface area contributed by atoms with Gasteiger partial charge < -0.3 is 14.2 Å². The van der Waals surface area contributed by atoms with Crippen molar-refractivity contribution in [2.24, 2.45) is 10.2 Å². The van der Waals surface area contributed by atoms with Gasteiger partial charge in [0.25, 0.3) is 0 Å². The molecule has 0 bridgehead atoms. The Kier molecular flexibility index (Phi) is 9.05. The van der Waals surface area contributed by atoms with Crippen LogP contribution >= 0.6 is 15.9 Å². The van der Waals surface area contributed by atoms with Crippen molar-refractivity contribution in [3.8, 4) is 28.4 Å². The normalized spacial score (nSPS) is 10.9. The molecule has 188 valence electrons. The predicted octanol–water partition coefficient (Wildman–Crippen LogP) is 8.94. The van der Waals surface area contributed by atoms with Crippen LogP contribution in [-0.4, -0.2) is 19.7 Å². The van der Waals surface area contributed by atoms with Gasteiger partial charge in [-0.15, -0.1) is 0 Å². The highest BCUT2D eigenvalue weighted by molar-refractivity contribution is 9.10. The molecule has 0 fully saturated rings. The molecule has 0 amide bonds. The first kappa shape index (κ1) is 26.1. The largest absolute Gasteiger partial charge is 0.496 e. The molecule has 0 aliphatic carbocycles. The minimum absolute atomic E-state index is 0.431. The van der Waals surface area contributed by atoms with Crippen LogP contribution in [0, 0.1) is 0 Å². The Morgan fingerprint density at radius 2 is 1.38 bits per heavy atom. The molecule has 7 heteroatoms. The first-order valence-electron chi connectivity index (χ1n) is 12.0. The third kappa shape index (κ3) is 7.27. The van der Waals surface area contributed by atoms with Gasteiger partial charge in [0.05, 0.1) is 35.1 Å². The predicted molar refractivity (Wildman–Crippen MR) is 149 cm³/mol. The quantitative estimate of drug-likeness (QED) is 0.0842. The summed E-state index contributed by atoms with van der Waals surface area (Å²) in [5.41, 5.74) is 3.82. The molecule has 0 heterocycles. The molecular formula is C30H27BrN2O4. The van der Waals surface area contributed by atoms with E-state index in [1.54, 1.807) is 43.5 Å². The molecular weight excluding hydrogens is 532 g/mol. The van der Waals surface area contributed by atoms with E-state index >= 15 is 0 Å². The van der Waals surface area contributed by atoms with Gasteiger partial charge in [-0.3, -0.25) is 0 Å². The van der Waals surface area contributed by atoms with Crippen molar-refractivity contribution in [3.63, 3.8) is 0 Å². The molecule has 0 saturated heterocycles. The number of esters is 1. The fourth-order valence-electron chi connectivity index (χ4n) is 3.45. The lowest BCUT2D eigenvalue weighted by atomic mass is 10.0. The van der Waals surface area contributed by atoms with E-state index in [0.29, 0.717) is 23.6 Å². The highest BCUT2D eigenvalue weighted by Crippen LogP contribution is 2.31. The van der Waals surface area contributed by atoms with Crippen LogP contribution in [0.25, 0.3) is 11.1 Å². The highest BCUT2D eigenvalue weighted by atomic mass is 79.9. The number of halogens is 1. The van der Waals surface area contributed by atoms with Gasteiger partial charge in [-0.05, 0) is 106 Å². The molecule has 6 nitrogen and oxygen atoms in total. The average Bonchev–Trinajstić information content (AvgIpc) is 2.93. The van der Waals surface area contributed by atoms with Gasteiger partial charge in [0.15, 0.2) is 0 Å². The Hall–Kier alpha value is -3.97. The molecule has 0 aromatic heterocycles. The summed E-state index contributed by atoms with van der Waals surface area (Å²) in [6.07, 6.45) is 2.13. The molecule has 0 aliphatic heterocycles. The van der Waals surface area contributed by atoms with E-state index in [4.69, 9.17) is 14.2 Å². The standard InChI is InChI=1S/C30H27BrN2O4/c1-3-4-19-36-26-14-10-24(11-15-26)32-33-25-12-16-27(17-13-25)37-30(34)22-7-5-21(6-8-22)23-9-18-29(35-2)28(31)20-23/h5-18,20H,3-4,19H2,1-2H3. The zero-order valence-corrected chi connectivity index (χ0v) is 22.3. The molecule has 0 spiro atoms. The summed E-state index contributed by atoms with van der Waals surface area (Å²) in [4.78, 5) is 12.6. The number of rotatable bonds is 10. The van der Waals surface area contributed by atoms with Crippen LogP contribution in [0.5, 0.6) is 17.2 Å². The number of benzene rings is 4. The number of ether oxygens (including phenoxy) is 3. The van der Waals surface area contributed by atoms with Crippen LogP contribution in [0.4, 0.5) is 11.4 Å². The molecule has 0 radical (unpaired) electrons. The fraction of sp³-hybridized carbons (Fsp3) is 0.167. The zero-order chi connectivity index (χ0) is 26.0. The molecule has 0 saturated carbocycles. The monoisotopic (exact) mass is 558 g/mol. The van der Waals surface area contributed by atoms with E-state index < -0.39 is 5.97 Å². The van der Waals surface area contributed by atoms with Crippen LogP contribution < -0.4 is 14.2 Å². The Balaban J connectivity index is 1.33. The molecule has 37 heavy (non-hydrogen) atoms. The second-order valence-corrected chi connectivity index (χ2v) is 9.06. The van der Waals surface area contributed by atoms with Crippen molar-refractivity contribution in [1.29, 1.82) is 0 Å². The van der Waals surface area contributed by atoms with Gasteiger partial charge in [-0.25, -0.2) is 4.79 Å². The zero-order valence-electron chi connectivity index (χ0n) is 20.7. The molecule has 0 unspecified atom stereocenters. The van der Waals surface area contributed by atoms with Gasteiger partial charge in [-0.2, -0.15) is 10.2 Å². The topological polar surface area (TPSA) is 69.5 Å². The molecule has 4 aromatic carbocycles. The number of hydrogen-bond donors (Lipinski definition) is 0. The number of carbonyl (C=O) groups is 1. The molecule has 4 rings (SSSR count). The van der Waals surface area contributed by atoms with E-state index in [2.05, 4.69) is 33.1 Å². The summed E-state index contributed by atoms with van der Waals surface area (Å²) in [5, 5.41) is 8.50. The summed E-state index contributed by atoms with van der Waals surface area (Å²) in [6, 6.07) is 27.5. The molecule has 0 N–H and O–H groups in total. The summed E-state index contributed by atoms with van der Waals surface area (Å²) < 4.78 is 17.3. The van der Waals surface area contributed by atoms with Crippen LogP contribution in [0.15, 0.2) is 106 Å². The third-order valence-corrected chi connectivity index (χ3v) is 6.16. The first-order chi connectivity index (χ1) is 18.1. The van der Waals surface area contributed by atoms with E-state index in [0.717, 1.165) is 45.6 Å². The highest BCUT2D eigenvalue weighted by Gasteiger charge is 2.10. The van der Waals surface area contributed by atoms with Gasteiger partial charge in [-0.1, -0.05) is 31.5 Å². The minimum Gasteiger partial charge on any atom is -0.496 e. The van der Waals surface area contributed by atoms with Gasteiger partial charge >= 0.3 is 5.97 Å². The molecule has 4 aromatic rings. The second kappa shape index (κ2) is 12.8. The maximum absolute atomic E-state index is 12.6. The Labute approximate surface area is 225 Å². The second-order valence-electron chi connectivity index (χ2n) is 8.21. The summed E-state index contributed by atoms with van der Waals surface area (Å²) in [5.74, 6) is 1.58. The van der Waals surface area contributed by atoms with Crippen molar-refractivity contribution in [2.75, 3.05) is 13.7 Å². The average molecular weight is 559 g/mol. The van der Waals surface area contributed by atoms with Crippen molar-refractivity contribution >= 4 is 33.3 Å². The maximum Gasteiger partial charge on any atom is 0.343 e. The summed E-state index contributed by atoms with van der Waals surface area (Å²) in [7, 11) is 1.63. The van der Waals surface area contributed by atoms with E-state index in [9.17, 15) is 4.79 Å². The number of hydrogen-bond acceptors (Lipinski definition) is 6. The summed E-state index contributed by atoms with van der Waals surface area (Å²) >= 11 is 3.50. The van der Waals surface area contributed by atoms with Crippen LogP contribution in [0.3, 0.4) is 0 Å². The van der Waals surface area contributed by atoms with Gasteiger partial charge in [0.1, 0.15) is 17.2 Å². The van der Waals surface area contributed by atoms with Crippen LogP contribution in [0.2, 0.25) is 0 Å². The number of methoxy groups -OCH3 is 1. The SMILES string of the molecule is CCCCOc1ccc(N=Nc2ccc(OC(=O)c3ccc(-c4ccc(OC)c(Br)c4)cc3)cc2)cc1. The van der Waals surface area contributed by atoms with Crippen molar-refractivity contribution in [2.45, 2.75) is 19.8 Å². The van der Waals surface area contributed by atoms with Crippen LogP contribution in [-0.2, 0) is 0 Å². The van der Waals surface area contributed by atoms with Gasteiger partial charge in [0, 0.05) is 0 Å². The van der Waals surface area contributed by atoms with E-state index in [-0.39, 0.29) is 0 Å². The Morgan fingerprint density at radius 1 is 0.784 bits per heavy atom. The number of azo groups is 1. The van der Waals surface area contributed by atoms with E-state index in [1.807, 2.05) is 54.6 Å². The first-order valence-corrected chi connectivity index (χ1v) is 12.8.